The summed E-state index contributed by atoms with van der Waals surface area (Å²) >= 11 is 7.50. The van der Waals surface area contributed by atoms with Gasteiger partial charge in [0.05, 0.1) is 17.5 Å². The molecule has 1 aliphatic rings. The first-order valence-corrected chi connectivity index (χ1v) is 11.0. The number of thioether (sulfide) groups is 1. The zero-order valence-corrected chi connectivity index (χ0v) is 18.4. The lowest BCUT2D eigenvalue weighted by molar-refractivity contribution is -0.120. The number of aromatic nitrogens is 3. The van der Waals surface area contributed by atoms with E-state index in [1.165, 1.54) is 11.8 Å². The number of benzene rings is 1. The van der Waals surface area contributed by atoms with Gasteiger partial charge in [-0.3, -0.25) is 9.36 Å². The van der Waals surface area contributed by atoms with Crippen LogP contribution in [0, 0.1) is 17.2 Å². The molecule has 1 aliphatic heterocycles. The molecule has 0 radical (unpaired) electrons. The molecule has 1 aromatic heterocycles. The second-order valence-corrected chi connectivity index (χ2v) is 8.98. The number of halogens is 1. The molecule has 2 aromatic rings. The Balaban J connectivity index is 1.82. The van der Waals surface area contributed by atoms with Crippen molar-refractivity contribution in [3.05, 3.63) is 29.3 Å². The molecule has 0 bridgehead atoms. The van der Waals surface area contributed by atoms with E-state index < -0.39 is 5.54 Å². The van der Waals surface area contributed by atoms with E-state index in [1.807, 2.05) is 42.7 Å². The molecule has 0 aliphatic carbocycles. The summed E-state index contributed by atoms with van der Waals surface area (Å²) in [7, 11) is 0. The van der Waals surface area contributed by atoms with E-state index in [4.69, 9.17) is 11.6 Å². The van der Waals surface area contributed by atoms with Gasteiger partial charge in [0.2, 0.25) is 11.9 Å². The van der Waals surface area contributed by atoms with E-state index in [0.29, 0.717) is 10.2 Å². The van der Waals surface area contributed by atoms with Gasteiger partial charge in [0.25, 0.3) is 0 Å². The van der Waals surface area contributed by atoms with Crippen molar-refractivity contribution in [1.82, 2.24) is 20.1 Å². The molecule has 3 rings (SSSR count). The van der Waals surface area contributed by atoms with Gasteiger partial charge in [-0.25, -0.2) is 0 Å². The highest BCUT2D eigenvalue weighted by Gasteiger charge is 2.30. The summed E-state index contributed by atoms with van der Waals surface area (Å²) in [4.78, 5) is 14.7. The summed E-state index contributed by atoms with van der Waals surface area (Å²) in [5.41, 5.74) is -0.0461. The minimum absolute atomic E-state index is 0.00154. The first-order chi connectivity index (χ1) is 13.8. The lowest BCUT2D eigenvalue weighted by Gasteiger charge is -2.27. The molecule has 1 fully saturated rings. The number of nitriles is 1. The Morgan fingerprint density at radius 1 is 1.38 bits per heavy atom. The molecular weight excluding hydrogens is 408 g/mol. The fourth-order valence-corrected chi connectivity index (χ4v) is 4.01. The maximum absolute atomic E-state index is 12.5. The van der Waals surface area contributed by atoms with Gasteiger partial charge in [0, 0.05) is 18.1 Å². The van der Waals surface area contributed by atoms with Crippen LogP contribution in [-0.2, 0) is 4.79 Å². The van der Waals surface area contributed by atoms with Gasteiger partial charge in [-0.15, -0.1) is 10.2 Å². The van der Waals surface area contributed by atoms with Gasteiger partial charge < -0.3 is 10.2 Å². The highest BCUT2D eigenvalue weighted by Crippen LogP contribution is 2.29. The van der Waals surface area contributed by atoms with Gasteiger partial charge in [0.1, 0.15) is 5.54 Å². The number of carbonyl (C=O) groups excluding carboxylic acids is 1. The summed E-state index contributed by atoms with van der Waals surface area (Å²) in [6, 6.07) is 9.71. The molecule has 154 valence electrons. The largest absolute Gasteiger partial charge is 0.341 e. The normalized spacial score (nSPS) is 15.9. The minimum Gasteiger partial charge on any atom is -0.341 e. The number of carbonyl (C=O) groups is 1. The Morgan fingerprint density at radius 2 is 2.10 bits per heavy atom. The Labute approximate surface area is 180 Å². The summed E-state index contributed by atoms with van der Waals surface area (Å²) in [5.74, 6) is 0.689. The van der Waals surface area contributed by atoms with Crippen LogP contribution in [-0.4, -0.2) is 45.1 Å². The molecule has 1 unspecified atom stereocenters. The van der Waals surface area contributed by atoms with Crippen LogP contribution in [0.15, 0.2) is 29.4 Å². The Morgan fingerprint density at radius 3 is 2.72 bits per heavy atom. The van der Waals surface area contributed by atoms with E-state index in [1.54, 1.807) is 6.92 Å². The third-order valence-corrected chi connectivity index (χ3v) is 6.35. The van der Waals surface area contributed by atoms with Crippen molar-refractivity contribution < 1.29 is 4.79 Å². The van der Waals surface area contributed by atoms with Crippen LogP contribution in [0.25, 0.3) is 5.69 Å². The van der Waals surface area contributed by atoms with Crippen molar-refractivity contribution in [2.24, 2.45) is 5.92 Å². The Hall–Kier alpha value is -2.24. The van der Waals surface area contributed by atoms with Crippen molar-refractivity contribution in [2.75, 3.05) is 23.7 Å². The second-order valence-electron chi connectivity index (χ2n) is 7.60. The maximum atomic E-state index is 12.5. The molecule has 1 saturated heterocycles. The predicted molar refractivity (Wildman–Crippen MR) is 116 cm³/mol. The highest BCUT2D eigenvalue weighted by atomic mass is 35.5. The van der Waals surface area contributed by atoms with E-state index in [2.05, 4.69) is 26.5 Å². The molecule has 1 amide bonds. The number of amides is 1. The van der Waals surface area contributed by atoms with Crippen LogP contribution in [0.1, 0.15) is 33.6 Å². The van der Waals surface area contributed by atoms with Crippen molar-refractivity contribution in [2.45, 2.75) is 44.3 Å². The average molecular weight is 433 g/mol. The molecular formula is C20H25ClN6OS. The molecule has 1 aromatic carbocycles. The van der Waals surface area contributed by atoms with E-state index >= 15 is 0 Å². The minimum atomic E-state index is -0.904. The number of nitrogens with one attached hydrogen (secondary N) is 1. The average Bonchev–Trinajstić information content (AvgIpc) is 3.35. The van der Waals surface area contributed by atoms with Crippen molar-refractivity contribution in [3.8, 4) is 11.8 Å². The third-order valence-electron chi connectivity index (χ3n) is 5.19. The quantitative estimate of drug-likeness (QED) is 0.671. The summed E-state index contributed by atoms with van der Waals surface area (Å²) in [6.45, 7) is 7.42. The van der Waals surface area contributed by atoms with Gasteiger partial charge in [-0.1, -0.05) is 43.3 Å². The van der Waals surface area contributed by atoms with Crippen molar-refractivity contribution in [1.29, 1.82) is 5.26 Å². The third kappa shape index (κ3) is 4.85. The molecule has 9 heteroatoms. The van der Waals surface area contributed by atoms with Crippen LogP contribution < -0.4 is 10.2 Å². The SMILES string of the molecule is CC(C)C(C)(C#N)NC(=O)CSc1nnc(N2CCCC2)n1-c1cccc(Cl)c1. The number of anilines is 1. The number of hydrogen-bond acceptors (Lipinski definition) is 6. The number of nitrogens with zero attached hydrogens (tertiary/aromatic N) is 5. The topological polar surface area (TPSA) is 86.8 Å². The molecule has 1 N–H and O–H groups in total. The summed E-state index contributed by atoms with van der Waals surface area (Å²) in [6.07, 6.45) is 2.24. The smallest absolute Gasteiger partial charge is 0.232 e. The standard InChI is InChI=1S/C20H25ClN6OS/c1-14(2)20(3,13-22)23-17(28)12-29-19-25-24-18(26-9-4-5-10-26)27(19)16-8-6-7-15(21)11-16/h6-8,11,14H,4-5,9-10,12H2,1-3H3,(H,23,28). The Kier molecular flexibility index (Phi) is 6.70. The molecule has 2 heterocycles. The molecule has 7 nitrogen and oxygen atoms in total. The zero-order chi connectivity index (χ0) is 21.0. The number of rotatable bonds is 7. The van der Waals surface area contributed by atoms with E-state index in [9.17, 15) is 10.1 Å². The van der Waals surface area contributed by atoms with Crippen molar-refractivity contribution >= 4 is 35.2 Å². The van der Waals surface area contributed by atoms with Crippen molar-refractivity contribution in [3.63, 3.8) is 0 Å². The van der Waals surface area contributed by atoms with Crippen LogP contribution in [0.2, 0.25) is 5.02 Å². The monoisotopic (exact) mass is 432 g/mol. The van der Waals surface area contributed by atoms with Crippen LogP contribution >= 0.6 is 23.4 Å². The molecule has 1 atom stereocenters. The first-order valence-electron chi connectivity index (χ1n) is 9.65. The molecule has 29 heavy (non-hydrogen) atoms. The predicted octanol–water partition coefficient (Wildman–Crippen LogP) is 3.67. The first kappa shape index (κ1) is 21.5. The van der Waals surface area contributed by atoms with Gasteiger partial charge >= 0.3 is 0 Å². The maximum Gasteiger partial charge on any atom is 0.232 e. The summed E-state index contributed by atoms with van der Waals surface area (Å²) in [5, 5.41) is 22.2. The van der Waals surface area contributed by atoms with E-state index in [-0.39, 0.29) is 17.6 Å². The van der Waals surface area contributed by atoms with Gasteiger partial charge in [0.15, 0.2) is 5.16 Å². The second kappa shape index (κ2) is 9.06. The number of hydrogen-bond donors (Lipinski definition) is 1. The zero-order valence-electron chi connectivity index (χ0n) is 16.9. The summed E-state index contributed by atoms with van der Waals surface area (Å²) < 4.78 is 1.95. The van der Waals surface area contributed by atoms with Gasteiger partial charge in [-0.2, -0.15) is 5.26 Å². The van der Waals surface area contributed by atoms with E-state index in [0.717, 1.165) is 37.6 Å². The lowest BCUT2D eigenvalue weighted by atomic mass is 9.90. The lowest BCUT2D eigenvalue weighted by Crippen LogP contribution is -2.49. The van der Waals surface area contributed by atoms with Crippen LogP contribution in [0.5, 0.6) is 0 Å². The fourth-order valence-electron chi connectivity index (χ4n) is 3.08. The van der Waals surface area contributed by atoms with Crippen LogP contribution in [0.3, 0.4) is 0 Å². The molecule has 0 saturated carbocycles. The molecule has 0 spiro atoms. The fraction of sp³-hybridized carbons (Fsp3) is 0.500. The van der Waals surface area contributed by atoms with Crippen LogP contribution in [0.4, 0.5) is 5.95 Å². The Bertz CT molecular complexity index is 918. The highest BCUT2D eigenvalue weighted by molar-refractivity contribution is 7.99. The van der Waals surface area contributed by atoms with Gasteiger partial charge in [-0.05, 0) is 43.9 Å².